The number of benzene rings is 3. The number of rotatable bonds is 4. The van der Waals surface area contributed by atoms with Crippen LogP contribution in [0.4, 0.5) is 5.69 Å². The number of hydrogen-bond donors (Lipinski definition) is 1. The van der Waals surface area contributed by atoms with E-state index in [0.717, 1.165) is 16.3 Å². The molecule has 0 heterocycles. The molecule has 3 aromatic carbocycles. The van der Waals surface area contributed by atoms with Gasteiger partial charge in [-0.05, 0) is 23.3 Å². The van der Waals surface area contributed by atoms with E-state index in [9.17, 15) is 0 Å². The van der Waals surface area contributed by atoms with Crippen molar-refractivity contribution in [2.75, 3.05) is 5.32 Å². The first-order valence-electron chi connectivity index (χ1n) is 6.96. The second-order valence-corrected chi connectivity index (χ2v) is 5.26. The van der Waals surface area contributed by atoms with E-state index in [1.54, 1.807) is 0 Å². The van der Waals surface area contributed by atoms with Crippen molar-refractivity contribution in [1.29, 1.82) is 0 Å². The highest BCUT2D eigenvalue weighted by Crippen LogP contribution is 2.28. The van der Waals surface area contributed by atoms with E-state index in [4.69, 9.17) is 11.6 Å². The zero-order chi connectivity index (χ0) is 14.5. The average Bonchev–Trinajstić information content (AvgIpc) is 2.55. The molecule has 0 amide bonds. The Morgan fingerprint density at radius 1 is 0.714 bits per heavy atom. The van der Waals surface area contributed by atoms with Gasteiger partial charge in [0, 0.05) is 22.8 Å². The Bertz CT molecular complexity index is 722. The first kappa shape index (κ1) is 13.7. The molecule has 0 bridgehead atoms. The fourth-order valence-corrected chi connectivity index (χ4v) is 2.54. The lowest BCUT2D eigenvalue weighted by Gasteiger charge is -2.13. The molecule has 104 valence electrons. The summed E-state index contributed by atoms with van der Waals surface area (Å²) in [7, 11) is 0. The van der Waals surface area contributed by atoms with Crippen molar-refractivity contribution in [1.82, 2.24) is 0 Å². The molecule has 21 heavy (non-hydrogen) atoms. The average molecular weight is 294 g/mol. The molecule has 0 aliphatic heterocycles. The number of nitrogens with one attached hydrogen (secondary N) is 1. The van der Waals surface area contributed by atoms with Crippen molar-refractivity contribution in [3.8, 4) is 11.1 Å². The Labute approximate surface area is 130 Å². The first-order valence-corrected chi connectivity index (χ1v) is 7.34. The van der Waals surface area contributed by atoms with Crippen LogP contribution in [0.2, 0.25) is 5.02 Å². The molecule has 3 rings (SSSR count). The standard InChI is InChI=1S/C19H16ClN/c20-18-12-6-4-10-16(18)14-21-19-13-7-5-11-17(19)15-8-2-1-3-9-15/h1-13,21H,14H2. The van der Waals surface area contributed by atoms with Crippen LogP contribution in [0, 0.1) is 0 Å². The molecule has 2 heteroatoms. The van der Waals surface area contributed by atoms with E-state index in [1.807, 2.05) is 36.4 Å². The van der Waals surface area contributed by atoms with Crippen LogP contribution in [0.15, 0.2) is 78.9 Å². The minimum Gasteiger partial charge on any atom is -0.380 e. The summed E-state index contributed by atoms with van der Waals surface area (Å²) >= 11 is 6.21. The maximum Gasteiger partial charge on any atom is 0.0455 e. The third-order valence-corrected chi connectivity index (χ3v) is 3.81. The first-order chi connectivity index (χ1) is 10.3. The zero-order valence-corrected chi connectivity index (χ0v) is 12.3. The number of para-hydroxylation sites is 1. The third kappa shape index (κ3) is 3.26. The minimum atomic E-state index is 0.712. The second kappa shape index (κ2) is 6.47. The van der Waals surface area contributed by atoms with E-state index >= 15 is 0 Å². The highest BCUT2D eigenvalue weighted by atomic mass is 35.5. The van der Waals surface area contributed by atoms with Crippen LogP contribution in [-0.4, -0.2) is 0 Å². The maximum atomic E-state index is 6.21. The molecular formula is C19H16ClN. The molecule has 0 fully saturated rings. The van der Waals surface area contributed by atoms with Gasteiger partial charge in [-0.2, -0.15) is 0 Å². The monoisotopic (exact) mass is 293 g/mol. The Balaban J connectivity index is 1.85. The van der Waals surface area contributed by atoms with E-state index in [0.29, 0.717) is 6.54 Å². The fourth-order valence-electron chi connectivity index (χ4n) is 2.34. The van der Waals surface area contributed by atoms with Crippen LogP contribution < -0.4 is 5.32 Å². The Hall–Kier alpha value is -2.25. The topological polar surface area (TPSA) is 12.0 Å². The van der Waals surface area contributed by atoms with Crippen LogP contribution in [0.3, 0.4) is 0 Å². The predicted octanol–water partition coefficient (Wildman–Crippen LogP) is 5.62. The van der Waals surface area contributed by atoms with Crippen LogP contribution in [0.1, 0.15) is 5.56 Å². The van der Waals surface area contributed by atoms with Gasteiger partial charge in [0.05, 0.1) is 0 Å². The summed E-state index contributed by atoms with van der Waals surface area (Å²) < 4.78 is 0. The van der Waals surface area contributed by atoms with Gasteiger partial charge in [-0.25, -0.2) is 0 Å². The Morgan fingerprint density at radius 3 is 2.19 bits per heavy atom. The highest BCUT2D eigenvalue weighted by Gasteiger charge is 2.04. The van der Waals surface area contributed by atoms with Crippen molar-refractivity contribution < 1.29 is 0 Å². The van der Waals surface area contributed by atoms with Crippen LogP contribution in [0.5, 0.6) is 0 Å². The van der Waals surface area contributed by atoms with E-state index < -0.39 is 0 Å². The van der Waals surface area contributed by atoms with Crippen LogP contribution in [-0.2, 0) is 6.54 Å². The Kier molecular flexibility index (Phi) is 4.23. The van der Waals surface area contributed by atoms with Gasteiger partial charge in [-0.3, -0.25) is 0 Å². The van der Waals surface area contributed by atoms with E-state index in [-0.39, 0.29) is 0 Å². The summed E-state index contributed by atoms with van der Waals surface area (Å²) in [6.45, 7) is 0.712. The second-order valence-electron chi connectivity index (χ2n) is 4.86. The number of anilines is 1. The van der Waals surface area contributed by atoms with Crippen molar-refractivity contribution in [2.45, 2.75) is 6.54 Å². The summed E-state index contributed by atoms with van der Waals surface area (Å²) in [6, 6.07) is 26.6. The van der Waals surface area contributed by atoms with Crippen LogP contribution in [0.25, 0.3) is 11.1 Å². The summed E-state index contributed by atoms with van der Waals surface area (Å²) in [5.74, 6) is 0. The van der Waals surface area contributed by atoms with Gasteiger partial charge in [-0.15, -0.1) is 0 Å². The molecule has 0 atom stereocenters. The van der Waals surface area contributed by atoms with Gasteiger partial charge >= 0.3 is 0 Å². The molecule has 0 saturated carbocycles. The van der Waals surface area contributed by atoms with Gasteiger partial charge in [0.15, 0.2) is 0 Å². The fraction of sp³-hybridized carbons (Fsp3) is 0.0526. The van der Waals surface area contributed by atoms with Gasteiger partial charge in [0.25, 0.3) is 0 Å². The lowest BCUT2D eigenvalue weighted by atomic mass is 10.0. The summed E-state index contributed by atoms with van der Waals surface area (Å²) in [5.41, 5.74) is 4.62. The molecule has 0 radical (unpaired) electrons. The number of hydrogen-bond acceptors (Lipinski definition) is 1. The molecule has 0 spiro atoms. The molecule has 0 aliphatic carbocycles. The largest absolute Gasteiger partial charge is 0.380 e. The summed E-state index contributed by atoms with van der Waals surface area (Å²) in [4.78, 5) is 0. The summed E-state index contributed by atoms with van der Waals surface area (Å²) in [5, 5.41) is 4.28. The van der Waals surface area contributed by atoms with Crippen molar-refractivity contribution in [3.63, 3.8) is 0 Å². The SMILES string of the molecule is Clc1ccccc1CNc1ccccc1-c1ccccc1. The Morgan fingerprint density at radius 2 is 1.38 bits per heavy atom. The quantitative estimate of drug-likeness (QED) is 0.658. The van der Waals surface area contributed by atoms with Crippen molar-refractivity contribution in [2.24, 2.45) is 0 Å². The predicted molar refractivity (Wildman–Crippen MR) is 90.7 cm³/mol. The lowest BCUT2D eigenvalue weighted by Crippen LogP contribution is -2.01. The van der Waals surface area contributed by atoms with E-state index in [1.165, 1.54) is 11.1 Å². The van der Waals surface area contributed by atoms with Crippen molar-refractivity contribution >= 4 is 17.3 Å². The minimum absolute atomic E-state index is 0.712. The molecule has 0 unspecified atom stereocenters. The van der Waals surface area contributed by atoms with Gasteiger partial charge in [-0.1, -0.05) is 78.3 Å². The molecule has 1 N–H and O–H groups in total. The summed E-state index contributed by atoms with van der Waals surface area (Å²) in [6.07, 6.45) is 0. The molecule has 0 aromatic heterocycles. The molecule has 3 aromatic rings. The van der Waals surface area contributed by atoms with Gasteiger partial charge in [0.1, 0.15) is 0 Å². The van der Waals surface area contributed by atoms with Gasteiger partial charge in [0.2, 0.25) is 0 Å². The molecular weight excluding hydrogens is 278 g/mol. The van der Waals surface area contributed by atoms with Gasteiger partial charge < -0.3 is 5.32 Å². The van der Waals surface area contributed by atoms with Crippen molar-refractivity contribution in [3.05, 3.63) is 89.4 Å². The molecule has 0 aliphatic rings. The van der Waals surface area contributed by atoms with E-state index in [2.05, 4.69) is 47.8 Å². The zero-order valence-electron chi connectivity index (χ0n) is 11.6. The third-order valence-electron chi connectivity index (χ3n) is 3.44. The maximum absolute atomic E-state index is 6.21. The number of halogens is 1. The smallest absolute Gasteiger partial charge is 0.0455 e. The molecule has 0 saturated heterocycles. The molecule has 1 nitrogen and oxygen atoms in total. The van der Waals surface area contributed by atoms with Crippen LogP contribution >= 0.6 is 11.6 Å². The highest BCUT2D eigenvalue weighted by molar-refractivity contribution is 6.31. The normalized spacial score (nSPS) is 10.3. The lowest BCUT2D eigenvalue weighted by molar-refractivity contribution is 1.15.